The number of rotatable bonds is 7. The molecule has 0 radical (unpaired) electrons. The van der Waals surface area contributed by atoms with Gasteiger partial charge in [-0.25, -0.2) is 14.4 Å². The van der Waals surface area contributed by atoms with E-state index in [1.54, 1.807) is 30.3 Å². The first-order valence-electron chi connectivity index (χ1n) is 7.68. The second kappa shape index (κ2) is 9.22. The topological polar surface area (TPSA) is 78.9 Å². The van der Waals surface area contributed by atoms with Gasteiger partial charge >= 0.3 is 17.9 Å². The van der Waals surface area contributed by atoms with Crippen molar-refractivity contribution in [3.63, 3.8) is 0 Å². The number of carbonyl (C=O) groups is 3. The third-order valence-corrected chi connectivity index (χ3v) is 3.19. The predicted molar refractivity (Wildman–Crippen MR) is 88.5 cm³/mol. The zero-order chi connectivity index (χ0) is 18.1. The molecule has 0 aliphatic rings. The first kappa shape index (κ1) is 18.2. The van der Waals surface area contributed by atoms with E-state index in [1.165, 1.54) is 6.92 Å². The lowest BCUT2D eigenvalue weighted by molar-refractivity contribution is -0.169. The van der Waals surface area contributed by atoms with Crippen molar-refractivity contribution in [3.05, 3.63) is 71.8 Å². The Kier molecular flexibility index (Phi) is 6.71. The molecular formula is C19H18O6. The summed E-state index contributed by atoms with van der Waals surface area (Å²) in [4.78, 5) is 35.2. The van der Waals surface area contributed by atoms with E-state index in [-0.39, 0.29) is 6.61 Å². The smallest absolute Gasteiger partial charge is 0.347 e. The van der Waals surface area contributed by atoms with Crippen LogP contribution >= 0.6 is 0 Å². The molecule has 0 heterocycles. The van der Waals surface area contributed by atoms with Crippen molar-refractivity contribution in [2.75, 3.05) is 6.61 Å². The van der Waals surface area contributed by atoms with E-state index in [1.807, 2.05) is 30.3 Å². The summed E-state index contributed by atoms with van der Waals surface area (Å²) in [7, 11) is 0. The maximum absolute atomic E-state index is 11.8. The van der Waals surface area contributed by atoms with Crippen LogP contribution in [0.2, 0.25) is 0 Å². The van der Waals surface area contributed by atoms with Gasteiger partial charge < -0.3 is 14.2 Å². The molecule has 0 aromatic heterocycles. The van der Waals surface area contributed by atoms with Crippen LogP contribution in [0.1, 0.15) is 22.8 Å². The van der Waals surface area contributed by atoms with E-state index < -0.39 is 30.6 Å². The SMILES string of the molecule is CC(OC(=O)COC(=O)c1ccccc1)C(=O)OCc1ccccc1. The van der Waals surface area contributed by atoms with E-state index in [2.05, 4.69) is 0 Å². The lowest BCUT2D eigenvalue weighted by atomic mass is 10.2. The van der Waals surface area contributed by atoms with Crippen LogP contribution in [0.25, 0.3) is 0 Å². The zero-order valence-electron chi connectivity index (χ0n) is 13.7. The third-order valence-electron chi connectivity index (χ3n) is 3.19. The summed E-state index contributed by atoms with van der Waals surface area (Å²) in [6.07, 6.45) is -1.09. The maximum atomic E-state index is 11.8. The van der Waals surface area contributed by atoms with Gasteiger partial charge in [-0.15, -0.1) is 0 Å². The molecule has 1 atom stereocenters. The van der Waals surface area contributed by atoms with Crippen molar-refractivity contribution < 1.29 is 28.6 Å². The Bertz CT molecular complexity index is 711. The number of hydrogen-bond donors (Lipinski definition) is 0. The fraction of sp³-hybridized carbons (Fsp3) is 0.211. The highest BCUT2D eigenvalue weighted by atomic mass is 16.6. The molecule has 0 N–H and O–H groups in total. The van der Waals surface area contributed by atoms with Gasteiger partial charge in [-0.3, -0.25) is 0 Å². The first-order chi connectivity index (χ1) is 12.1. The molecular weight excluding hydrogens is 324 g/mol. The van der Waals surface area contributed by atoms with Crippen LogP contribution in [0.15, 0.2) is 60.7 Å². The van der Waals surface area contributed by atoms with Crippen molar-refractivity contribution >= 4 is 17.9 Å². The molecule has 0 saturated heterocycles. The molecule has 0 saturated carbocycles. The molecule has 25 heavy (non-hydrogen) atoms. The van der Waals surface area contributed by atoms with Crippen LogP contribution in [0.3, 0.4) is 0 Å². The van der Waals surface area contributed by atoms with Crippen LogP contribution in [0.4, 0.5) is 0 Å². The molecule has 0 bridgehead atoms. The molecule has 0 fully saturated rings. The van der Waals surface area contributed by atoms with Crippen LogP contribution in [0, 0.1) is 0 Å². The fourth-order valence-corrected chi connectivity index (χ4v) is 1.91. The molecule has 130 valence electrons. The highest BCUT2D eigenvalue weighted by Gasteiger charge is 2.20. The molecule has 6 heteroatoms. The van der Waals surface area contributed by atoms with Crippen LogP contribution < -0.4 is 0 Å². The average molecular weight is 342 g/mol. The van der Waals surface area contributed by atoms with E-state index in [9.17, 15) is 14.4 Å². The van der Waals surface area contributed by atoms with Crippen LogP contribution in [-0.2, 0) is 30.4 Å². The number of esters is 3. The van der Waals surface area contributed by atoms with Crippen LogP contribution in [-0.4, -0.2) is 30.6 Å². The van der Waals surface area contributed by atoms with E-state index >= 15 is 0 Å². The van der Waals surface area contributed by atoms with Gasteiger partial charge in [0.25, 0.3) is 0 Å². The van der Waals surface area contributed by atoms with Gasteiger partial charge in [0, 0.05) is 0 Å². The molecule has 0 amide bonds. The van der Waals surface area contributed by atoms with Crippen LogP contribution in [0.5, 0.6) is 0 Å². The predicted octanol–water partition coefficient (Wildman–Crippen LogP) is 2.52. The second-order valence-electron chi connectivity index (χ2n) is 5.17. The summed E-state index contributed by atoms with van der Waals surface area (Å²) < 4.78 is 14.8. The molecule has 6 nitrogen and oxygen atoms in total. The highest BCUT2D eigenvalue weighted by molar-refractivity contribution is 5.90. The van der Waals surface area contributed by atoms with Gasteiger partial charge in [0.1, 0.15) is 6.61 Å². The standard InChI is InChI=1S/C19H18O6/c1-14(18(21)23-12-15-8-4-2-5-9-15)25-17(20)13-24-19(22)16-10-6-3-7-11-16/h2-11,14H,12-13H2,1H3. The quantitative estimate of drug-likeness (QED) is 0.568. The van der Waals surface area contributed by atoms with E-state index in [0.717, 1.165) is 5.56 Å². The number of hydrogen-bond acceptors (Lipinski definition) is 6. The van der Waals surface area contributed by atoms with Gasteiger partial charge in [0.2, 0.25) is 0 Å². The Balaban J connectivity index is 1.72. The molecule has 2 aromatic rings. The minimum atomic E-state index is -1.09. The second-order valence-corrected chi connectivity index (χ2v) is 5.17. The number of benzene rings is 2. The van der Waals surface area contributed by atoms with Crippen molar-refractivity contribution in [3.8, 4) is 0 Å². The Hall–Kier alpha value is -3.15. The summed E-state index contributed by atoms with van der Waals surface area (Å²) in [6, 6.07) is 17.4. The average Bonchev–Trinajstić information content (AvgIpc) is 2.65. The van der Waals surface area contributed by atoms with Gasteiger partial charge in [0.05, 0.1) is 5.56 Å². The summed E-state index contributed by atoms with van der Waals surface area (Å²) >= 11 is 0. The minimum Gasteiger partial charge on any atom is -0.458 e. The molecule has 2 rings (SSSR count). The molecule has 0 aliphatic carbocycles. The Morgan fingerprint density at radius 1 is 0.880 bits per heavy atom. The van der Waals surface area contributed by atoms with E-state index in [4.69, 9.17) is 14.2 Å². The normalized spacial score (nSPS) is 11.2. The number of carbonyl (C=O) groups excluding carboxylic acids is 3. The Morgan fingerprint density at radius 3 is 2.12 bits per heavy atom. The molecule has 1 unspecified atom stereocenters. The van der Waals surface area contributed by atoms with E-state index in [0.29, 0.717) is 5.56 Å². The largest absolute Gasteiger partial charge is 0.458 e. The Labute approximate surface area is 145 Å². The van der Waals surface area contributed by atoms with Crippen molar-refractivity contribution in [1.82, 2.24) is 0 Å². The molecule has 2 aromatic carbocycles. The fourth-order valence-electron chi connectivity index (χ4n) is 1.91. The van der Waals surface area contributed by atoms with Crippen molar-refractivity contribution in [2.24, 2.45) is 0 Å². The van der Waals surface area contributed by atoms with Crippen molar-refractivity contribution in [1.29, 1.82) is 0 Å². The summed E-state index contributed by atoms with van der Waals surface area (Å²) in [5, 5.41) is 0. The first-order valence-corrected chi connectivity index (χ1v) is 7.68. The Morgan fingerprint density at radius 2 is 1.48 bits per heavy atom. The highest BCUT2D eigenvalue weighted by Crippen LogP contribution is 2.05. The van der Waals surface area contributed by atoms with Gasteiger partial charge in [-0.1, -0.05) is 48.5 Å². The molecule has 0 aliphatic heterocycles. The molecule has 0 spiro atoms. The van der Waals surface area contributed by atoms with Crippen molar-refractivity contribution in [2.45, 2.75) is 19.6 Å². The van der Waals surface area contributed by atoms with Gasteiger partial charge in [0.15, 0.2) is 12.7 Å². The monoisotopic (exact) mass is 342 g/mol. The summed E-state index contributed by atoms with van der Waals surface area (Å²) in [5.74, 6) is -2.14. The summed E-state index contributed by atoms with van der Waals surface area (Å²) in [5.41, 5.74) is 1.15. The third kappa shape index (κ3) is 6.10. The summed E-state index contributed by atoms with van der Waals surface area (Å²) in [6.45, 7) is 0.902. The lowest BCUT2D eigenvalue weighted by Gasteiger charge is -2.13. The maximum Gasteiger partial charge on any atom is 0.347 e. The van der Waals surface area contributed by atoms with Gasteiger partial charge in [-0.05, 0) is 24.6 Å². The number of ether oxygens (including phenoxy) is 3. The lowest BCUT2D eigenvalue weighted by Crippen LogP contribution is -2.28. The zero-order valence-corrected chi connectivity index (χ0v) is 13.7. The van der Waals surface area contributed by atoms with Gasteiger partial charge in [-0.2, -0.15) is 0 Å². The minimum absolute atomic E-state index is 0.0879.